The summed E-state index contributed by atoms with van der Waals surface area (Å²) in [6.07, 6.45) is 6.11. The number of benzene rings is 18. The molecule has 0 atom stereocenters. The Morgan fingerprint density at radius 3 is 0.792 bits per heavy atom. The Balaban J connectivity index is 0.000000101. The molecule has 32 rings (SSSR count). The van der Waals surface area contributed by atoms with E-state index in [4.69, 9.17) is 34.3 Å². The van der Waals surface area contributed by atoms with Gasteiger partial charge in [0.2, 0.25) is 0 Å². The van der Waals surface area contributed by atoms with Crippen LogP contribution in [0.2, 0.25) is 0 Å². The van der Waals surface area contributed by atoms with Crippen molar-refractivity contribution in [2.75, 3.05) is 0 Å². The van der Waals surface area contributed by atoms with Gasteiger partial charge in [-0.15, -0.1) is 0 Å². The number of hydrogen-bond acceptors (Lipinski definition) is 7. The maximum Gasteiger partial charge on any atom is 0.165 e. The lowest BCUT2D eigenvalue weighted by Crippen LogP contribution is -2.25. The van der Waals surface area contributed by atoms with Gasteiger partial charge >= 0.3 is 0 Å². The van der Waals surface area contributed by atoms with Crippen molar-refractivity contribution < 1.29 is 4.42 Å². The number of nitrogens with zero attached hydrogens (tertiary/aromatic N) is 9. The van der Waals surface area contributed by atoms with Crippen molar-refractivity contribution in [1.29, 1.82) is 0 Å². The second-order valence-corrected chi connectivity index (χ2v) is 38.2. The van der Waals surface area contributed by atoms with Crippen LogP contribution < -0.4 is 0 Å². The number of hydrogen-bond donors (Lipinski definition) is 0. The first kappa shape index (κ1) is 80.9. The molecule has 0 saturated carbocycles. The normalized spacial score (nSPS) is 13.0. The number of para-hydroxylation sites is 1. The fraction of sp³-hybridized carbons (Fsp3) is 0.0149. The summed E-state index contributed by atoms with van der Waals surface area (Å²) in [5, 5.41) is 8.92. The third-order valence-corrected chi connectivity index (χ3v) is 30.7. The summed E-state index contributed by atoms with van der Waals surface area (Å²) in [4.78, 5) is 30.4. The van der Waals surface area contributed by atoms with Gasteiger partial charge in [-0.3, -0.25) is 13.2 Å². The third kappa shape index (κ3) is 12.1. The minimum Gasteiger partial charge on any atom is -0.456 e. The second kappa shape index (κ2) is 31.7. The quantitative estimate of drug-likeness (QED) is 0.149. The van der Waals surface area contributed by atoms with Gasteiger partial charge in [-0.2, -0.15) is 0 Å². The van der Waals surface area contributed by atoms with Crippen LogP contribution in [0.25, 0.3) is 239 Å². The summed E-state index contributed by atoms with van der Waals surface area (Å²) in [6, 6.07) is 171. The molecule has 10 heteroatoms. The molecule has 668 valence electrons. The summed E-state index contributed by atoms with van der Waals surface area (Å²) < 4.78 is 12.3. The van der Waals surface area contributed by atoms with Crippen molar-refractivity contribution in [2.24, 2.45) is 0 Å². The van der Waals surface area contributed by atoms with Crippen molar-refractivity contribution >= 4 is 105 Å². The van der Waals surface area contributed by atoms with Gasteiger partial charge in [0, 0.05) is 78.4 Å². The Kier molecular flexibility index (Phi) is 17.8. The van der Waals surface area contributed by atoms with Gasteiger partial charge in [0.25, 0.3) is 0 Å². The van der Waals surface area contributed by atoms with E-state index in [1.165, 1.54) is 128 Å². The van der Waals surface area contributed by atoms with Crippen LogP contribution in [0.4, 0.5) is 0 Å². The van der Waals surface area contributed by atoms with Crippen LogP contribution >= 0.6 is 0 Å². The molecule has 4 aliphatic carbocycles. The Morgan fingerprint density at radius 1 is 0.160 bits per heavy atom. The third-order valence-electron chi connectivity index (χ3n) is 30.7. The summed E-state index contributed by atoms with van der Waals surface area (Å²) in [7, 11) is 0. The first-order valence-corrected chi connectivity index (χ1v) is 49.2. The molecule has 0 saturated heterocycles. The second-order valence-electron chi connectivity index (χ2n) is 38.2. The zero-order valence-corrected chi connectivity index (χ0v) is 77.7. The molecule has 10 heterocycles. The zero-order chi connectivity index (χ0) is 94.4. The summed E-state index contributed by atoms with van der Waals surface area (Å²) in [5.74, 6) is 0. The van der Waals surface area contributed by atoms with Gasteiger partial charge in [0.1, 0.15) is 44.7 Å². The molecule has 144 heavy (non-hydrogen) atoms. The smallest absolute Gasteiger partial charge is 0.165 e. The maximum atomic E-state index is 6.06. The minimum absolute atomic E-state index is 0.341. The van der Waals surface area contributed by atoms with Crippen LogP contribution in [0, 0.1) is 0 Å². The van der Waals surface area contributed by atoms with E-state index in [1.807, 2.05) is 85.3 Å². The Hall–Kier alpha value is -19.2. The molecule has 0 fully saturated rings. The van der Waals surface area contributed by atoms with Crippen molar-refractivity contribution in [3.8, 4) is 134 Å². The Bertz CT molecular complexity index is 10100. The lowest BCUT2D eigenvalue weighted by Gasteiger charge is -2.30. The average Bonchev–Trinajstić information content (AvgIpc) is 1.51. The topological polar surface area (TPSA) is 104 Å². The van der Waals surface area contributed by atoms with E-state index in [9.17, 15) is 0 Å². The fourth-order valence-electron chi connectivity index (χ4n) is 24.3. The highest BCUT2D eigenvalue weighted by Gasteiger charge is 2.53. The van der Waals surface area contributed by atoms with Gasteiger partial charge in [-0.25, -0.2) is 29.9 Å². The number of aromatic nitrogens is 9. The van der Waals surface area contributed by atoms with E-state index in [2.05, 4.69) is 420 Å². The van der Waals surface area contributed by atoms with E-state index < -0.39 is 0 Å². The summed E-state index contributed by atoms with van der Waals surface area (Å²) in [5.41, 5.74) is 48.8. The maximum absolute atomic E-state index is 6.06. The van der Waals surface area contributed by atoms with E-state index in [-0.39, 0.29) is 10.8 Å². The highest BCUT2D eigenvalue weighted by Crippen LogP contribution is 2.65. The highest BCUT2D eigenvalue weighted by atomic mass is 16.3. The van der Waals surface area contributed by atoms with Crippen LogP contribution in [0.1, 0.15) is 44.5 Å². The molecular weight excluding hydrogens is 1750 g/mol. The molecule has 28 aromatic rings. The predicted octanol–water partition coefficient (Wildman–Crippen LogP) is 33.0. The zero-order valence-electron chi connectivity index (χ0n) is 77.7. The molecular formula is C134H81N9O. The van der Waals surface area contributed by atoms with E-state index >= 15 is 0 Å². The average molecular weight is 1830 g/mol. The van der Waals surface area contributed by atoms with Crippen molar-refractivity contribution in [2.45, 2.75) is 10.8 Å². The van der Waals surface area contributed by atoms with Gasteiger partial charge in [-0.05, 0) is 224 Å². The fourth-order valence-corrected chi connectivity index (χ4v) is 24.3. The molecule has 0 N–H and O–H groups in total. The largest absolute Gasteiger partial charge is 0.456 e. The summed E-state index contributed by atoms with van der Waals surface area (Å²) in [6.45, 7) is 0. The number of rotatable bonds is 8. The highest BCUT2D eigenvalue weighted by molar-refractivity contribution is 6.14. The van der Waals surface area contributed by atoms with Crippen molar-refractivity contribution in [3.63, 3.8) is 0 Å². The molecule has 0 unspecified atom stereocenters. The number of imidazole rings is 3. The number of pyridine rings is 6. The van der Waals surface area contributed by atoms with Crippen LogP contribution in [0.5, 0.6) is 0 Å². The van der Waals surface area contributed by atoms with E-state index in [0.717, 1.165) is 155 Å². The first-order chi connectivity index (χ1) is 71.4. The first-order valence-electron chi connectivity index (χ1n) is 49.2. The molecule has 0 radical (unpaired) electrons. The molecule has 10 aromatic heterocycles. The molecule has 0 amide bonds. The monoisotopic (exact) mass is 1830 g/mol. The van der Waals surface area contributed by atoms with Crippen LogP contribution in [-0.4, -0.2) is 43.1 Å². The van der Waals surface area contributed by atoms with E-state index in [1.54, 1.807) is 0 Å². The molecule has 10 nitrogen and oxygen atoms in total. The lowest BCUT2D eigenvalue weighted by atomic mass is 9.70. The minimum atomic E-state index is -0.346. The predicted molar refractivity (Wildman–Crippen MR) is 587 cm³/mol. The standard InChI is InChI=1S/C51H31N3.C45H27N3.C38H23N3O/c1-2-15-42-41(14-1)48(53-50-49(42)52-47-19-9-10-30-54(47)50)35-26-24-33(25-27-35)32-20-22-34(23-21-32)36-28-29-40-39-13-5-8-18-45(39)51(46(40)31-36)43-16-6-3-11-37(43)38-12-4-7-17-44(38)51;1-2-15-36-35(14-1)42(47-44-43(36)46-41-19-9-10-26-48(41)44)29-22-20-28(21-23-29)30-24-25-34-33-13-5-8-18-39(33)45(40(34)27-30)37-16-6-3-11-31(37)32-12-4-7-17-38(32)45;1-2-15-31-30(14-1)36(40-38-37(31)39-35-17-5-6-20-41(35)38)28-12-8-11-26(22-28)24-9-7-10-25(21-24)27-18-19-34-32(23-27)29-13-3-4-16-33(29)42-34/h1-31H;1-27H;1-23H. The van der Waals surface area contributed by atoms with Gasteiger partial charge in [0.05, 0.1) is 27.9 Å². The van der Waals surface area contributed by atoms with Gasteiger partial charge < -0.3 is 4.42 Å². The lowest BCUT2D eigenvalue weighted by molar-refractivity contribution is 0.669. The number of furan rings is 1. The molecule has 0 aliphatic heterocycles. The van der Waals surface area contributed by atoms with Gasteiger partial charge in [-0.1, -0.05) is 394 Å². The Labute approximate surface area is 827 Å². The SMILES string of the molecule is c1cc(-c2cccc(-c3nc4c(nc5ccccn54)c4ccccc34)c2)cc(-c2ccc3oc4ccccc4c3c2)c1.c1ccc2c(c1)-c1ccccc1C21c2ccccc2-c2ccc(-c3ccc(-c4ccc(-c5nc6c(nc7ccccn76)c6ccccc56)cc4)cc3)cc21.c1ccc2c(c1)-c1ccccc1C21c2ccccc2-c2ccc(-c3ccc(-c4nc5c(nc6ccccn65)c5ccccc45)cc3)cc21. The summed E-state index contributed by atoms with van der Waals surface area (Å²) >= 11 is 0. The van der Waals surface area contributed by atoms with Gasteiger partial charge in [0.15, 0.2) is 16.9 Å². The molecule has 0 bridgehead atoms. The van der Waals surface area contributed by atoms with Crippen molar-refractivity contribution in [1.82, 2.24) is 43.1 Å². The van der Waals surface area contributed by atoms with Crippen LogP contribution in [0.3, 0.4) is 0 Å². The Morgan fingerprint density at radius 2 is 0.417 bits per heavy atom. The van der Waals surface area contributed by atoms with E-state index in [0.29, 0.717) is 0 Å². The van der Waals surface area contributed by atoms with Crippen LogP contribution in [-0.2, 0) is 10.8 Å². The molecule has 2 spiro atoms. The van der Waals surface area contributed by atoms with Crippen molar-refractivity contribution in [3.05, 3.63) is 536 Å². The molecule has 18 aromatic carbocycles. The molecule has 4 aliphatic rings. The van der Waals surface area contributed by atoms with Crippen LogP contribution in [0.15, 0.2) is 496 Å². The number of fused-ring (bicyclic) bond motifs is 38.